The van der Waals surface area contributed by atoms with Crippen molar-refractivity contribution in [2.45, 2.75) is 45.6 Å². The van der Waals surface area contributed by atoms with E-state index in [9.17, 15) is 0 Å². The van der Waals surface area contributed by atoms with Gasteiger partial charge in [0, 0.05) is 6.04 Å². The molecule has 1 aromatic carbocycles. The maximum absolute atomic E-state index is 5.40. The first-order valence-corrected chi connectivity index (χ1v) is 7.10. The van der Waals surface area contributed by atoms with E-state index in [1.54, 1.807) is 7.11 Å². The zero-order valence-corrected chi connectivity index (χ0v) is 11.8. The molecule has 1 saturated carbocycles. The summed E-state index contributed by atoms with van der Waals surface area (Å²) >= 11 is 0. The Hall–Kier alpha value is -1.18. The maximum atomic E-state index is 5.40. The number of methoxy groups -OCH3 is 1. The summed E-state index contributed by atoms with van der Waals surface area (Å²) in [4.78, 5) is 0. The Balaban J connectivity index is 2.00. The van der Waals surface area contributed by atoms with Crippen molar-refractivity contribution >= 4 is 5.69 Å². The van der Waals surface area contributed by atoms with Gasteiger partial charge in [0.25, 0.3) is 0 Å². The quantitative estimate of drug-likeness (QED) is 0.855. The van der Waals surface area contributed by atoms with Crippen LogP contribution in [0.3, 0.4) is 0 Å². The number of hydrogen-bond donors (Lipinski definition) is 1. The van der Waals surface area contributed by atoms with Crippen LogP contribution in [0.25, 0.3) is 0 Å². The monoisotopic (exact) mass is 247 g/mol. The van der Waals surface area contributed by atoms with Crippen LogP contribution < -0.4 is 10.1 Å². The lowest BCUT2D eigenvalue weighted by Gasteiger charge is -2.33. The zero-order valence-electron chi connectivity index (χ0n) is 11.8. The molecule has 0 spiro atoms. The van der Waals surface area contributed by atoms with Gasteiger partial charge in [0.15, 0.2) is 0 Å². The second-order valence-corrected chi connectivity index (χ2v) is 5.71. The summed E-state index contributed by atoms with van der Waals surface area (Å²) in [6, 6.07) is 8.81. The van der Waals surface area contributed by atoms with Crippen LogP contribution in [0.2, 0.25) is 0 Å². The van der Waals surface area contributed by atoms with Crippen LogP contribution in [0.15, 0.2) is 24.3 Å². The molecule has 0 saturated heterocycles. The highest BCUT2D eigenvalue weighted by Crippen LogP contribution is 2.33. The van der Waals surface area contributed by atoms with Crippen molar-refractivity contribution < 1.29 is 4.74 Å². The van der Waals surface area contributed by atoms with Gasteiger partial charge in [-0.25, -0.2) is 0 Å². The molecule has 1 aromatic rings. The summed E-state index contributed by atoms with van der Waals surface area (Å²) in [6.45, 7) is 4.69. The molecule has 0 aliphatic heterocycles. The summed E-state index contributed by atoms with van der Waals surface area (Å²) < 4.78 is 5.40. The van der Waals surface area contributed by atoms with Gasteiger partial charge in [-0.1, -0.05) is 38.8 Å². The van der Waals surface area contributed by atoms with Crippen LogP contribution in [-0.4, -0.2) is 13.2 Å². The first-order valence-electron chi connectivity index (χ1n) is 7.10. The van der Waals surface area contributed by atoms with E-state index in [0.717, 1.165) is 23.3 Å². The van der Waals surface area contributed by atoms with Crippen LogP contribution in [0, 0.1) is 11.8 Å². The summed E-state index contributed by atoms with van der Waals surface area (Å²) in [7, 11) is 1.73. The number of anilines is 1. The number of rotatable bonds is 4. The molecule has 0 amide bonds. The van der Waals surface area contributed by atoms with E-state index >= 15 is 0 Å². The molecule has 0 aromatic heterocycles. The topological polar surface area (TPSA) is 21.3 Å². The number of ether oxygens (including phenoxy) is 1. The minimum absolute atomic E-state index is 0.599. The predicted molar refractivity (Wildman–Crippen MR) is 77.2 cm³/mol. The van der Waals surface area contributed by atoms with E-state index in [2.05, 4.69) is 31.3 Å². The Kier molecular flexibility index (Phi) is 4.51. The maximum Gasteiger partial charge on any atom is 0.141 e. The standard InChI is InChI=1S/C16H25NO/c1-12(2)13-7-6-8-14(11-13)17-15-9-4-5-10-16(15)18-3/h4-5,9-10,12-14,17H,6-8,11H2,1-3H3. The van der Waals surface area contributed by atoms with E-state index in [0.29, 0.717) is 6.04 Å². The van der Waals surface area contributed by atoms with Crippen molar-refractivity contribution in [3.8, 4) is 5.75 Å². The van der Waals surface area contributed by atoms with Gasteiger partial charge < -0.3 is 10.1 Å². The Morgan fingerprint density at radius 1 is 1.22 bits per heavy atom. The van der Waals surface area contributed by atoms with Crippen molar-refractivity contribution in [2.75, 3.05) is 12.4 Å². The lowest BCUT2D eigenvalue weighted by Crippen LogP contribution is -2.29. The Morgan fingerprint density at radius 2 is 2.00 bits per heavy atom. The van der Waals surface area contributed by atoms with E-state index < -0.39 is 0 Å². The first-order chi connectivity index (χ1) is 8.70. The molecule has 1 N–H and O–H groups in total. The molecule has 1 fully saturated rings. The van der Waals surface area contributed by atoms with Crippen LogP contribution >= 0.6 is 0 Å². The average Bonchev–Trinajstić information content (AvgIpc) is 2.39. The van der Waals surface area contributed by atoms with Gasteiger partial charge in [-0.05, 0) is 36.8 Å². The van der Waals surface area contributed by atoms with Gasteiger partial charge in [-0.15, -0.1) is 0 Å². The third-order valence-electron chi connectivity index (χ3n) is 4.12. The SMILES string of the molecule is COc1ccccc1NC1CCCC(C(C)C)C1. The molecule has 0 heterocycles. The molecule has 2 atom stereocenters. The Labute approximate surface area is 111 Å². The molecule has 1 aliphatic rings. The minimum Gasteiger partial charge on any atom is -0.495 e. The van der Waals surface area contributed by atoms with Crippen LogP contribution in [0.4, 0.5) is 5.69 Å². The fourth-order valence-electron chi connectivity index (χ4n) is 2.95. The molecule has 2 unspecified atom stereocenters. The Morgan fingerprint density at radius 3 is 2.72 bits per heavy atom. The highest BCUT2D eigenvalue weighted by molar-refractivity contribution is 5.56. The minimum atomic E-state index is 0.599. The van der Waals surface area contributed by atoms with Crippen molar-refractivity contribution in [1.29, 1.82) is 0 Å². The van der Waals surface area contributed by atoms with Crippen LogP contribution in [0.5, 0.6) is 5.75 Å². The first kappa shape index (κ1) is 13.3. The van der Waals surface area contributed by atoms with E-state index in [1.807, 2.05) is 12.1 Å². The van der Waals surface area contributed by atoms with Gasteiger partial charge >= 0.3 is 0 Å². The number of benzene rings is 1. The molecular weight excluding hydrogens is 222 g/mol. The molecule has 18 heavy (non-hydrogen) atoms. The third-order valence-corrected chi connectivity index (χ3v) is 4.12. The zero-order chi connectivity index (χ0) is 13.0. The highest BCUT2D eigenvalue weighted by Gasteiger charge is 2.24. The van der Waals surface area contributed by atoms with Gasteiger partial charge in [0.1, 0.15) is 5.75 Å². The molecule has 2 nitrogen and oxygen atoms in total. The molecule has 0 bridgehead atoms. The van der Waals surface area contributed by atoms with Crippen LogP contribution in [0.1, 0.15) is 39.5 Å². The normalized spacial score (nSPS) is 24.0. The van der Waals surface area contributed by atoms with E-state index in [-0.39, 0.29) is 0 Å². The lowest BCUT2D eigenvalue weighted by atomic mass is 9.79. The number of para-hydroxylation sites is 2. The third kappa shape index (κ3) is 3.18. The molecule has 0 radical (unpaired) electrons. The van der Waals surface area contributed by atoms with Gasteiger partial charge in [-0.3, -0.25) is 0 Å². The molecular formula is C16H25NO. The van der Waals surface area contributed by atoms with Gasteiger partial charge in [0.2, 0.25) is 0 Å². The lowest BCUT2D eigenvalue weighted by molar-refractivity contribution is 0.264. The largest absolute Gasteiger partial charge is 0.495 e. The van der Waals surface area contributed by atoms with E-state index in [4.69, 9.17) is 4.74 Å². The van der Waals surface area contributed by atoms with Crippen molar-refractivity contribution in [1.82, 2.24) is 0 Å². The second kappa shape index (κ2) is 6.12. The van der Waals surface area contributed by atoms with Crippen molar-refractivity contribution in [3.05, 3.63) is 24.3 Å². The number of hydrogen-bond acceptors (Lipinski definition) is 2. The Bertz CT molecular complexity index is 375. The summed E-state index contributed by atoms with van der Waals surface area (Å²) in [5, 5.41) is 3.66. The van der Waals surface area contributed by atoms with Crippen LogP contribution in [-0.2, 0) is 0 Å². The van der Waals surface area contributed by atoms with Gasteiger partial charge in [-0.2, -0.15) is 0 Å². The molecule has 1 aliphatic carbocycles. The summed E-state index contributed by atoms with van der Waals surface area (Å²) in [6.07, 6.45) is 5.30. The molecule has 100 valence electrons. The van der Waals surface area contributed by atoms with Crippen molar-refractivity contribution in [2.24, 2.45) is 11.8 Å². The molecule has 2 heteroatoms. The highest BCUT2D eigenvalue weighted by atomic mass is 16.5. The smallest absolute Gasteiger partial charge is 0.141 e. The fourth-order valence-corrected chi connectivity index (χ4v) is 2.95. The summed E-state index contributed by atoms with van der Waals surface area (Å²) in [5.41, 5.74) is 1.13. The fraction of sp³-hybridized carbons (Fsp3) is 0.625. The van der Waals surface area contributed by atoms with Crippen molar-refractivity contribution in [3.63, 3.8) is 0 Å². The number of nitrogens with one attached hydrogen (secondary N) is 1. The molecule has 2 rings (SSSR count). The second-order valence-electron chi connectivity index (χ2n) is 5.71. The predicted octanol–water partition coefficient (Wildman–Crippen LogP) is 4.32. The van der Waals surface area contributed by atoms with Gasteiger partial charge in [0.05, 0.1) is 12.8 Å². The van der Waals surface area contributed by atoms with E-state index in [1.165, 1.54) is 25.7 Å². The summed E-state index contributed by atoms with van der Waals surface area (Å²) in [5.74, 6) is 2.61. The average molecular weight is 247 g/mol.